The molecule has 0 spiro atoms. The summed E-state index contributed by atoms with van der Waals surface area (Å²) in [5.41, 5.74) is 0. The van der Waals surface area contributed by atoms with Gasteiger partial charge in [-0.05, 0) is 40.5 Å². The first-order valence-corrected chi connectivity index (χ1v) is 8.56. The molecule has 0 heterocycles. The van der Waals surface area contributed by atoms with Gasteiger partial charge in [-0.15, -0.1) is 0 Å². The van der Waals surface area contributed by atoms with Gasteiger partial charge >= 0.3 is 0 Å². The van der Waals surface area contributed by atoms with E-state index in [1.807, 2.05) is 6.92 Å². The Bertz CT molecular complexity index is 505. The van der Waals surface area contributed by atoms with Gasteiger partial charge in [-0.25, -0.2) is 13.1 Å². The van der Waals surface area contributed by atoms with Crippen molar-refractivity contribution in [2.75, 3.05) is 6.54 Å². The fourth-order valence-corrected chi connectivity index (χ4v) is 4.23. The molecule has 2 N–H and O–H groups in total. The van der Waals surface area contributed by atoms with Gasteiger partial charge in [0.1, 0.15) is 0 Å². The molecule has 18 heavy (non-hydrogen) atoms. The van der Waals surface area contributed by atoms with Crippen LogP contribution in [0.1, 0.15) is 19.8 Å². The van der Waals surface area contributed by atoms with Crippen molar-refractivity contribution in [3.63, 3.8) is 0 Å². The zero-order valence-corrected chi connectivity index (χ0v) is 13.8. The number of hydrogen-bond donors (Lipinski definition) is 2. The van der Waals surface area contributed by atoms with Gasteiger partial charge in [0.2, 0.25) is 10.0 Å². The van der Waals surface area contributed by atoms with Crippen LogP contribution in [0.4, 0.5) is 0 Å². The fourth-order valence-electron chi connectivity index (χ4n) is 1.41. The number of sulfonamides is 1. The third kappa shape index (κ3) is 4.62. The minimum atomic E-state index is -3.60. The van der Waals surface area contributed by atoms with E-state index in [0.29, 0.717) is 10.9 Å². The molecule has 0 saturated heterocycles. The van der Waals surface area contributed by atoms with Crippen LogP contribution in [-0.4, -0.2) is 26.2 Å². The van der Waals surface area contributed by atoms with E-state index in [0.717, 1.165) is 10.9 Å². The maximum absolute atomic E-state index is 12.0. The van der Waals surface area contributed by atoms with E-state index < -0.39 is 16.1 Å². The van der Waals surface area contributed by atoms with E-state index in [1.54, 1.807) is 12.1 Å². The quantitative estimate of drug-likeness (QED) is 0.771. The Labute approximate surface area is 124 Å². The average molecular weight is 401 g/mol. The molecule has 0 aliphatic carbocycles. The Balaban J connectivity index is 2.80. The molecule has 0 fully saturated rings. The third-order valence-electron chi connectivity index (χ3n) is 2.31. The second-order valence-electron chi connectivity index (χ2n) is 3.87. The van der Waals surface area contributed by atoms with E-state index in [1.165, 1.54) is 6.07 Å². The standard InChI is InChI=1S/C11H15Br2NO3S/c1-2-3-9(15)7-14-18(16,17)11-5-4-8(12)6-10(11)13/h4-6,9,14-15H,2-3,7H2,1H3. The van der Waals surface area contributed by atoms with Crippen LogP contribution < -0.4 is 4.72 Å². The summed E-state index contributed by atoms with van der Waals surface area (Å²) in [7, 11) is -3.60. The zero-order valence-electron chi connectivity index (χ0n) is 9.86. The van der Waals surface area contributed by atoms with E-state index in [2.05, 4.69) is 36.6 Å². The van der Waals surface area contributed by atoms with Crippen LogP contribution in [0.15, 0.2) is 32.0 Å². The van der Waals surface area contributed by atoms with Crippen LogP contribution in [0, 0.1) is 0 Å². The van der Waals surface area contributed by atoms with Crippen molar-refractivity contribution in [3.8, 4) is 0 Å². The number of rotatable bonds is 6. The second-order valence-corrected chi connectivity index (χ2v) is 7.37. The highest BCUT2D eigenvalue weighted by Gasteiger charge is 2.18. The molecule has 1 atom stereocenters. The summed E-state index contributed by atoms with van der Waals surface area (Å²) in [5.74, 6) is 0. The smallest absolute Gasteiger partial charge is 0.241 e. The minimum absolute atomic E-state index is 0.0265. The molecule has 7 heteroatoms. The topological polar surface area (TPSA) is 66.4 Å². The largest absolute Gasteiger partial charge is 0.392 e. The van der Waals surface area contributed by atoms with Gasteiger partial charge in [-0.2, -0.15) is 0 Å². The molecule has 1 aromatic rings. The lowest BCUT2D eigenvalue weighted by atomic mass is 10.2. The lowest BCUT2D eigenvalue weighted by Crippen LogP contribution is -2.32. The number of halogens is 2. The van der Waals surface area contributed by atoms with E-state index in [-0.39, 0.29) is 11.4 Å². The van der Waals surface area contributed by atoms with Gasteiger partial charge in [-0.1, -0.05) is 29.3 Å². The molecular formula is C11H15Br2NO3S. The normalized spacial score (nSPS) is 13.6. The van der Waals surface area contributed by atoms with E-state index in [9.17, 15) is 13.5 Å². The van der Waals surface area contributed by atoms with Crippen molar-refractivity contribution in [2.45, 2.75) is 30.8 Å². The Kier molecular flexibility index (Phi) is 6.26. The molecular weight excluding hydrogens is 386 g/mol. The van der Waals surface area contributed by atoms with Crippen LogP contribution >= 0.6 is 31.9 Å². The van der Waals surface area contributed by atoms with Crippen LogP contribution in [0.2, 0.25) is 0 Å². The Morgan fingerprint density at radius 1 is 1.39 bits per heavy atom. The summed E-state index contributed by atoms with van der Waals surface area (Å²) in [6.07, 6.45) is 0.730. The van der Waals surface area contributed by atoms with Gasteiger partial charge < -0.3 is 5.11 Å². The van der Waals surface area contributed by atoms with Gasteiger partial charge in [0.15, 0.2) is 0 Å². The van der Waals surface area contributed by atoms with Crippen LogP contribution in [0.25, 0.3) is 0 Å². The number of benzene rings is 1. The fraction of sp³-hybridized carbons (Fsp3) is 0.455. The van der Waals surface area contributed by atoms with Crippen molar-refractivity contribution < 1.29 is 13.5 Å². The van der Waals surface area contributed by atoms with Crippen LogP contribution in [0.3, 0.4) is 0 Å². The maximum atomic E-state index is 12.0. The van der Waals surface area contributed by atoms with Crippen LogP contribution in [-0.2, 0) is 10.0 Å². The number of nitrogens with one attached hydrogen (secondary N) is 1. The van der Waals surface area contributed by atoms with Gasteiger partial charge in [0, 0.05) is 15.5 Å². The summed E-state index contributed by atoms with van der Waals surface area (Å²) in [6, 6.07) is 4.82. The molecule has 0 aromatic heterocycles. The molecule has 102 valence electrons. The highest BCUT2D eigenvalue weighted by molar-refractivity contribution is 9.11. The number of hydrogen-bond acceptors (Lipinski definition) is 3. The lowest BCUT2D eigenvalue weighted by molar-refractivity contribution is 0.167. The van der Waals surface area contributed by atoms with Crippen LogP contribution in [0.5, 0.6) is 0 Å². The molecule has 0 bridgehead atoms. The van der Waals surface area contributed by atoms with Crippen molar-refractivity contribution >= 4 is 41.9 Å². The predicted molar refractivity (Wildman–Crippen MR) is 77.9 cm³/mol. The van der Waals surface area contributed by atoms with Crippen molar-refractivity contribution in [1.82, 2.24) is 4.72 Å². The average Bonchev–Trinajstić information content (AvgIpc) is 2.26. The molecule has 0 aliphatic heterocycles. The molecule has 0 saturated carbocycles. The maximum Gasteiger partial charge on any atom is 0.241 e. The highest BCUT2D eigenvalue weighted by atomic mass is 79.9. The first-order chi connectivity index (χ1) is 8.36. The van der Waals surface area contributed by atoms with Gasteiger partial charge in [0.25, 0.3) is 0 Å². The van der Waals surface area contributed by atoms with Gasteiger partial charge in [-0.3, -0.25) is 0 Å². The van der Waals surface area contributed by atoms with Gasteiger partial charge in [0.05, 0.1) is 11.0 Å². The van der Waals surface area contributed by atoms with E-state index in [4.69, 9.17) is 0 Å². The monoisotopic (exact) mass is 399 g/mol. The Morgan fingerprint density at radius 2 is 2.06 bits per heavy atom. The first-order valence-electron chi connectivity index (χ1n) is 5.49. The Morgan fingerprint density at radius 3 is 2.61 bits per heavy atom. The lowest BCUT2D eigenvalue weighted by Gasteiger charge is -2.12. The summed E-state index contributed by atoms with van der Waals surface area (Å²) in [6.45, 7) is 1.96. The molecule has 1 unspecified atom stereocenters. The summed E-state index contributed by atoms with van der Waals surface area (Å²) >= 11 is 6.47. The molecule has 4 nitrogen and oxygen atoms in total. The minimum Gasteiger partial charge on any atom is -0.392 e. The Hall–Kier alpha value is 0.0500. The summed E-state index contributed by atoms with van der Waals surface area (Å²) in [5, 5.41) is 9.53. The molecule has 0 amide bonds. The summed E-state index contributed by atoms with van der Waals surface area (Å²) < 4.78 is 27.7. The molecule has 0 aliphatic rings. The summed E-state index contributed by atoms with van der Waals surface area (Å²) in [4.78, 5) is 0.161. The van der Waals surface area contributed by atoms with Crippen molar-refractivity contribution in [3.05, 3.63) is 27.1 Å². The van der Waals surface area contributed by atoms with Crippen molar-refractivity contribution in [2.24, 2.45) is 0 Å². The number of aliphatic hydroxyl groups excluding tert-OH is 1. The molecule has 0 radical (unpaired) electrons. The molecule has 1 aromatic carbocycles. The predicted octanol–water partition coefficient (Wildman–Crippen LogP) is 2.65. The molecule has 1 rings (SSSR count). The first kappa shape index (κ1) is 16.1. The third-order valence-corrected chi connectivity index (χ3v) is 5.21. The van der Waals surface area contributed by atoms with E-state index >= 15 is 0 Å². The highest BCUT2D eigenvalue weighted by Crippen LogP contribution is 2.25. The SMILES string of the molecule is CCCC(O)CNS(=O)(=O)c1ccc(Br)cc1Br. The zero-order chi connectivity index (χ0) is 13.8. The second kappa shape index (κ2) is 7.00. The number of aliphatic hydroxyl groups is 1. The van der Waals surface area contributed by atoms with Crippen molar-refractivity contribution in [1.29, 1.82) is 0 Å².